The normalized spacial score (nSPS) is 14.2. The van der Waals surface area contributed by atoms with Crippen molar-refractivity contribution in [2.24, 2.45) is 0 Å². The molecule has 0 saturated carbocycles. The van der Waals surface area contributed by atoms with E-state index in [4.69, 9.17) is 13.7 Å². The number of hydrogen-bond acceptors (Lipinski definition) is 2. The first-order chi connectivity index (χ1) is 27.9. The summed E-state index contributed by atoms with van der Waals surface area (Å²) in [6.45, 7) is 0. The fourth-order valence-corrected chi connectivity index (χ4v) is 6.69. The molecule has 0 radical (unpaired) electrons. The van der Waals surface area contributed by atoms with Crippen LogP contribution in [0.1, 0.15) is 24.8 Å². The molecule has 222 valence electrons. The van der Waals surface area contributed by atoms with E-state index in [0.717, 1.165) is 21.8 Å². The molecule has 0 aliphatic heterocycles. The number of para-hydroxylation sites is 2. The van der Waals surface area contributed by atoms with Crippen molar-refractivity contribution >= 4 is 43.6 Å². The minimum Gasteiger partial charge on any atom is -0.308 e. The molecule has 48 heavy (non-hydrogen) atoms. The third kappa shape index (κ3) is 4.14. The molecule has 9 aromatic rings. The first kappa shape index (κ1) is 18.9. The summed E-state index contributed by atoms with van der Waals surface area (Å²) >= 11 is 0. The molecule has 0 spiro atoms. The van der Waals surface area contributed by atoms with Gasteiger partial charge in [0.1, 0.15) is 12.1 Å². The second-order valence-corrected chi connectivity index (χ2v) is 11.3. The molecule has 0 aliphatic carbocycles. The van der Waals surface area contributed by atoms with E-state index >= 15 is 0 Å². The topological polar surface area (TPSA) is 57.4 Å². The number of nitrogens with zero attached hydrogens (tertiary/aromatic N) is 4. The number of rotatable bonds is 4. The first-order valence-electron chi connectivity index (χ1n) is 20.1. The minimum atomic E-state index is -0.476. The van der Waals surface area contributed by atoms with Gasteiger partial charge in [0, 0.05) is 21.5 Å². The predicted molar refractivity (Wildman–Crippen MR) is 195 cm³/mol. The van der Waals surface area contributed by atoms with Gasteiger partial charge in [-0.25, -0.2) is 0 Å². The number of hydrogen-bond donors (Lipinski definition) is 0. The largest absolute Gasteiger partial charge is 0.308 e. The van der Waals surface area contributed by atoms with Gasteiger partial charge in [0.2, 0.25) is 0 Å². The summed E-state index contributed by atoms with van der Waals surface area (Å²) < 4.78 is 87.0. The molecular formula is C44H26N4. The van der Waals surface area contributed by atoms with E-state index in [2.05, 4.69) is 12.1 Å². The van der Waals surface area contributed by atoms with Crippen LogP contribution in [-0.2, 0) is 0 Å². The van der Waals surface area contributed by atoms with Gasteiger partial charge in [-0.05, 0) is 70.8 Å². The smallest absolute Gasteiger partial charge is 0.101 e. The molecule has 4 nitrogen and oxygen atoms in total. The van der Waals surface area contributed by atoms with Crippen LogP contribution < -0.4 is 0 Å². The standard InChI is InChI=1S/C44H26N4/c45-27-33-26-44(48-40-18-10-8-16-36(40)38-24-32(20-22-42(38)48)30-13-5-2-6-14-30)34(28-46)25-43(33)47-39-17-9-7-15-35(39)37-23-31(19-21-41(37)47)29-11-3-1-4-12-29/h1-26H/i1D,2D,3D,4D,5D,6D,11D,12D,13D,14D. The van der Waals surface area contributed by atoms with E-state index in [1.807, 2.05) is 57.7 Å². The van der Waals surface area contributed by atoms with Crippen molar-refractivity contribution in [2.75, 3.05) is 0 Å². The summed E-state index contributed by atoms with van der Waals surface area (Å²) in [4.78, 5) is 0. The molecule has 9 rings (SSSR count). The Labute approximate surface area is 291 Å². The highest BCUT2D eigenvalue weighted by atomic mass is 15.0. The lowest BCUT2D eigenvalue weighted by Crippen LogP contribution is -2.04. The molecule has 0 aliphatic rings. The van der Waals surface area contributed by atoms with Gasteiger partial charge < -0.3 is 9.13 Å². The van der Waals surface area contributed by atoms with E-state index < -0.39 is 36.3 Å². The summed E-state index contributed by atoms with van der Waals surface area (Å²) in [7, 11) is 0. The lowest BCUT2D eigenvalue weighted by molar-refractivity contribution is 1.12. The average Bonchev–Trinajstić information content (AvgIpc) is 3.75. The van der Waals surface area contributed by atoms with Crippen LogP contribution in [0.2, 0.25) is 0 Å². The number of benzene rings is 7. The minimum absolute atomic E-state index is 0.0742. The Morgan fingerprint density at radius 1 is 0.417 bits per heavy atom. The van der Waals surface area contributed by atoms with Gasteiger partial charge in [-0.15, -0.1) is 0 Å². The number of aromatic nitrogens is 2. The molecule has 2 heterocycles. The molecule has 4 heteroatoms. The highest BCUT2D eigenvalue weighted by Gasteiger charge is 2.21. The zero-order valence-corrected chi connectivity index (χ0v) is 25.0. The van der Waals surface area contributed by atoms with Crippen LogP contribution in [0.5, 0.6) is 0 Å². The molecule has 0 N–H and O–H groups in total. The Morgan fingerprint density at radius 3 is 1.23 bits per heavy atom. The van der Waals surface area contributed by atoms with Gasteiger partial charge in [0.25, 0.3) is 0 Å². The van der Waals surface area contributed by atoms with E-state index in [-0.39, 0.29) is 46.4 Å². The molecule has 7 aromatic carbocycles. The summed E-state index contributed by atoms with van der Waals surface area (Å²) in [5.41, 5.74) is 5.19. The second kappa shape index (κ2) is 10.9. The zero-order chi connectivity index (χ0) is 40.9. The molecule has 0 amide bonds. The summed E-state index contributed by atoms with van der Waals surface area (Å²) in [5, 5.41) is 24.5. The van der Waals surface area contributed by atoms with Crippen molar-refractivity contribution < 1.29 is 13.7 Å². The third-order valence-electron chi connectivity index (χ3n) is 8.76. The molecular weight excluding hydrogens is 585 g/mol. The SMILES string of the molecule is [2H]c1c([2H])c([2H])c(-c2ccc3c(c2)c2ccccc2n3-c2cc(C#N)c(-n3c4ccccc4c4cc(-c5c([2H])c([2H])c([2H])c([2H])c5[2H])ccc43)cc2C#N)c([2H])c1[2H]. The first-order valence-corrected chi connectivity index (χ1v) is 15.1. The highest BCUT2D eigenvalue weighted by Crippen LogP contribution is 2.39. The monoisotopic (exact) mass is 620 g/mol. The van der Waals surface area contributed by atoms with Gasteiger partial charge in [-0.2, -0.15) is 10.5 Å². The maximum Gasteiger partial charge on any atom is 0.101 e. The van der Waals surface area contributed by atoms with E-state index in [0.29, 0.717) is 44.3 Å². The van der Waals surface area contributed by atoms with Crippen molar-refractivity contribution in [3.05, 3.63) is 169 Å². The van der Waals surface area contributed by atoms with Crippen LogP contribution in [0.15, 0.2) is 157 Å². The van der Waals surface area contributed by atoms with Gasteiger partial charge >= 0.3 is 0 Å². The average molecular weight is 621 g/mol. The molecule has 0 saturated heterocycles. The lowest BCUT2D eigenvalue weighted by atomic mass is 10.0. The molecule has 0 unspecified atom stereocenters. The van der Waals surface area contributed by atoms with Crippen LogP contribution in [0.3, 0.4) is 0 Å². The zero-order valence-electron chi connectivity index (χ0n) is 35.0. The van der Waals surface area contributed by atoms with Gasteiger partial charge in [0.15, 0.2) is 0 Å². The Hall–Kier alpha value is -6.88. The maximum absolute atomic E-state index is 10.8. The van der Waals surface area contributed by atoms with Crippen molar-refractivity contribution in [2.45, 2.75) is 0 Å². The number of fused-ring (bicyclic) bond motifs is 6. The van der Waals surface area contributed by atoms with Crippen LogP contribution in [0, 0.1) is 22.7 Å². The second-order valence-electron chi connectivity index (χ2n) is 11.3. The summed E-state index contributed by atoms with van der Waals surface area (Å²) in [5.74, 6) is 0. The van der Waals surface area contributed by atoms with Gasteiger partial charge in [-0.3, -0.25) is 0 Å². The van der Waals surface area contributed by atoms with Crippen molar-refractivity contribution in [3.8, 4) is 45.8 Å². The van der Waals surface area contributed by atoms with Crippen molar-refractivity contribution in [1.82, 2.24) is 9.13 Å². The van der Waals surface area contributed by atoms with E-state index in [9.17, 15) is 10.5 Å². The fourth-order valence-electron chi connectivity index (χ4n) is 6.69. The van der Waals surface area contributed by atoms with Crippen molar-refractivity contribution in [3.63, 3.8) is 0 Å². The van der Waals surface area contributed by atoms with Crippen LogP contribution >= 0.6 is 0 Å². The molecule has 0 bridgehead atoms. The van der Waals surface area contributed by atoms with Gasteiger partial charge in [-0.1, -0.05) is 109 Å². The molecule has 0 fully saturated rings. The van der Waals surface area contributed by atoms with Crippen molar-refractivity contribution in [1.29, 1.82) is 10.5 Å². The predicted octanol–water partition coefficient (Wildman–Crippen LogP) is 11.0. The molecule has 2 aromatic heterocycles. The Morgan fingerprint density at radius 2 is 0.812 bits per heavy atom. The van der Waals surface area contributed by atoms with E-state index in [1.54, 1.807) is 48.5 Å². The molecule has 0 atom stereocenters. The summed E-state index contributed by atoms with van der Waals surface area (Å²) in [6, 6.07) is 29.6. The highest BCUT2D eigenvalue weighted by molar-refractivity contribution is 6.12. The summed E-state index contributed by atoms with van der Waals surface area (Å²) in [6.07, 6.45) is 0. The third-order valence-corrected chi connectivity index (χ3v) is 8.76. The van der Waals surface area contributed by atoms with E-state index in [1.165, 1.54) is 0 Å². The Bertz CT molecular complexity index is 3100. The maximum atomic E-state index is 10.8. The quantitative estimate of drug-likeness (QED) is 0.197. The van der Waals surface area contributed by atoms with Gasteiger partial charge in [0.05, 0.1) is 58.3 Å². The Balaban J connectivity index is 1.27. The number of nitriles is 2. The van der Waals surface area contributed by atoms with Crippen LogP contribution in [0.4, 0.5) is 0 Å². The van der Waals surface area contributed by atoms with Crippen LogP contribution in [0.25, 0.3) is 77.2 Å². The Kier molecular flexibility index (Phi) is 4.29. The fraction of sp³-hybridized carbons (Fsp3) is 0. The lowest BCUT2D eigenvalue weighted by Gasteiger charge is -2.15. The van der Waals surface area contributed by atoms with Crippen LogP contribution in [-0.4, -0.2) is 9.13 Å².